The summed E-state index contributed by atoms with van der Waals surface area (Å²) >= 11 is 0. The second-order valence-electron chi connectivity index (χ2n) is 2.82. The Hall–Kier alpha value is -1.70. The lowest BCUT2D eigenvalue weighted by Crippen LogP contribution is -1.93. The van der Waals surface area contributed by atoms with Crippen molar-refractivity contribution in [3.05, 3.63) is 54.4 Å². The van der Waals surface area contributed by atoms with Gasteiger partial charge in [0.1, 0.15) is 12.4 Å². The Bertz CT molecular complexity index is 340. The number of aromatic nitrogens is 1. The molecule has 1 aromatic carbocycles. The van der Waals surface area contributed by atoms with Crippen LogP contribution in [0.5, 0.6) is 5.75 Å². The Morgan fingerprint density at radius 2 is 1.92 bits per heavy atom. The van der Waals surface area contributed by atoms with Crippen LogP contribution in [-0.2, 0) is 6.61 Å². The van der Waals surface area contributed by atoms with E-state index < -0.39 is 0 Å². The first-order valence-electron chi connectivity index (χ1n) is 4.25. The van der Waals surface area contributed by atoms with Gasteiger partial charge in [0.15, 0.2) is 0 Å². The summed E-state index contributed by atoms with van der Waals surface area (Å²) in [4.78, 5) is 2.94. The standard InChI is InChI=1S/C11H11NO/c1-2-4-10(5-3-1)9-13-11-6-7-12-8-11/h1-8,12H,9H2. The molecule has 0 fully saturated rings. The molecule has 2 nitrogen and oxygen atoms in total. The minimum absolute atomic E-state index is 0.624. The second-order valence-corrected chi connectivity index (χ2v) is 2.82. The summed E-state index contributed by atoms with van der Waals surface area (Å²) in [6, 6.07) is 12.0. The van der Waals surface area contributed by atoms with Crippen LogP contribution in [0.15, 0.2) is 48.8 Å². The zero-order valence-electron chi connectivity index (χ0n) is 7.23. The quantitative estimate of drug-likeness (QED) is 0.758. The highest BCUT2D eigenvalue weighted by Gasteiger charge is 1.93. The third kappa shape index (κ3) is 2.12. The number of ether oxygens (including phenoxy) is 1. The Labute approximate surface area is 77.2 Å². The third-order valence-electron chi connectivity index (χ3n) is 1.82. The van der Waals surface area contributed by atoms with E-state index in [-0.39, 0.29) is 0 Å². The molecule has 66 valence electrons. The molecule has 0 bridgehead atoms. The van der Waals surface area contributed by atoms with E-state index in [1.807, 2.05) is 48.8 Å². The van der Waals surface area contributed by atoms with Crippen molar-refractivity contribution in [1.82, 2.24) is 4.98 Å². The molecule has 0 aliphatic carbocycles. The van der Waals surface area contributed by atoms with Crippen LogP contribution in [0.2, 0.25) is 0 Å². The lowest BCUT2D eigenvalue weighted by atomic mass is 10.2. The van der Waals surface area contributed by atoms with Gasteiger partial charge in [-0.05, 0) is 11.6 Å². The van der Waals surface area contributed by atoms with Crippen LogP contribution >= 0.6 is 0 Å². The zero-order chi connectivity index (χ0) is 8.93. The van der Waals surface area contributed by atoms with Gasteiger partial charge >= 0.3 is 0 Å². The highest BCUT2D eigenvalue weighted by molar-refractivity contribution is 5.18. The molecule has 13 heavy (non-hydrogen) atoms. The van der Waals surface area contributed by atoms with Crippen molar-refractivity contribution in [2.24, 2.45) is 0 Å². The summed E-state index contributed by atoms with van der Waals surface area (Å²) in [7, 11) is 0. The molecule has 1 N–H and O–H groups in total. The summed E-state index contributed by atoms with van der Waals surface area (Å²) in [5.74, 6) is 0.879. The molecule has 2 aromatic rings. The first kappa shape index (κ1) is 7.92. The van der Waals surface area contributed by atoms with Gasteiger partial charge in [0.25, 0.3) is 0 Å². The van der Waals surface area contributed by atoms with Crippen molar-refractivity contribution in [3.63, 3.8) is 0 Å². The molecule has 0 aliphatic rings. The van der Waals surface area contributed by atoms with Gasteiger partial charge in [0, 0.05) is 12.4 Å². The van der Waals surface area contributed by atoms with Crippen molar-refractivity contribution < 1.29 is 4.74 Å². The Kier molecular flexibility index (Phi) is 2.32. The average Bonchev–Trinajstić information content (AvgIpc) is 2.69. The molecule has 0 radical (unpaired) electrons. The van der Waals surface area contributed by atoms with Gasteiger partial charge in [-0.25, -0.2) is 0 Å². The van der Waals surface area contributed by atoms with Crippen LogP contribution in [0, 0.1) is 0 Å². The maximum Gasteiger partial charge on any atom is 0.137 e. The maximum atomic E-state index is 5.50. The molecule has 0 saturated carbocycles. The smallest absolute Gasteiger partial charge is 0.137 e. The predicted molar refractivity (Wildman–Crippen MR) is 51.6 cm³/mol. The Morgan fingerprint density at radius 3 is 2.62 bits per heavy atom. The minimum Gasteiger partial charge on any atom is -0.487 e. The highest BCUT2D eigenvalue weighted by atomic mass is 16.5. The van der Waals surface area contributed by atoms with Crippen molar-refractivity contribution in [2.45, 2.75) is 6.61 Å². The molecular formula is C11H11NO. The first-order valence-corrected chi connectivity index (χ1v) is 4.25. The fourth-order valence-corrected chi connectivity index (χ4v) is 1.14. The zero-order valence-corrected chi connectivity index (χ0v) is 7.23. The molecule has 0 amide bonds. The van der Waals surface area contributed by atoms with Gasteiger partial charge in [-0.2, -0.15) is 0 Å². The molecule has 0 aliphatic heterocycles. The van der Waals surface area contributed by atoms with E-state index >= 15 is 0 Å². The molecule has 2 rings (SSSR count). The fraction of sp³-hybridized carbons (Fsp3) is 0.0909. The van der Waals surface area contributed by atoms with Crippen molar-refractivity contribution in [2.75, 3.05) is 0 Å². The molecular weight excluding hydrogens is 162 g/mol. The number of H-pyrrole nitrogens is 1. The SMILES string of the molecule is c1ccc(COc2cc[nH]c2)cc1. The molecule has 1 heterocycles. The molecule has 0 saturated heterocycles. The van der Waals surface area contributed by atoms with Gasteiger partial charge in [0.05, 0.1) is 0 Å². The van der Waals surface area contributed by atoms with Crippen LogP contribution in [-0.4, -0.2) is 4.98 Å². The van der Waals surface area contributed by atoms with Gasteiger partial charge in [-0.1, -0.05) is 30.3 Å². The largest absolute Gasteiger partial charge is 0.487 e. The molecule has 0 spiro atoms. The topological polar surface area (TPSA) is 25.0 Å². The van der Waals surface area contributed by atoms with Gasteiger partial charge in [0.2, 0.25) is 0 Å². The summed E-state index contributed by atoms with van der Waals surface area (Å²) in [5, 5.41) is 0. The van der Waals surface area contributed by atoms with Crippen LogP contribution in [0.3, 0.4) is 0 Å². The summed E-state index contributed by atoms with van der Waals surface area (Å²) in [6.07, 6.45) is 3.68. The summed E-state index contributed by atoms with van der Waals surface area (Å²) in [5.41, 5.74) is 1.18. The van der Waals surface area contributed by atoms with Crippen LogP contribution in [0.1, 0.15) is 5.56 Å². The minimum atomic E-state index is 0.624. The normalized spacial score (nSPS) is 9.85. The average molecular weight is 173 g/mol. The number of nitrogens with one attached hydrogen (secondary N) is 1. The number of hydrogen-bond donors (Lipinski definition) is 1. The van der Waals surface area contributed by atoms with Crippen LogP contribution in [0.25, 0.3) is 0 Å². The monoisotopic (exact) mass is 173 g/mol. The summed E-state index contributed by atoms with van der Waals surface area (Å²) < 4.78 is 5.50. The van der Waals surface area contributed by atoms with Crippen LogP contribution in [0.4, 0.5) is 0 Å². The number of hydrogen-bond acceptors (Lipinski definition) is 1. The highest BCUT2D eigenvalue weighted by Crippen LogP contribution is 2.10. The van der Waals surface area contributed by atoms with Crippen molar-refractivity contribution in [3.8, 4) is 5.75 Å². The van der Waals surface area contributed by atoms with Gasteiger partial charge in [-0.3, -0.25) is 0 Å². The van der Waals surface area contributed by atoms with Crippen molar-refractivity contribution >= 4 is 0 Å². The second kappa shape index (κ2) is 3.81. The molecule has 2 heteroatoms. The van der Waals surface area contributed by atoms with E-state index in [1.54, 1.807) is 0 Å². The molecule has 0 unspecified atom stereocenters. The number of benzene rings is 1. The Balaban J connectivity index is 1.94. The molecule has 1 aromatic heterocycles. The van der Waals surface area contributed by atoms with E-state index in [0.29, 0.717) is 6.61 Å². The van der Waals surface area contributed by atoms with Gasteiger partial charge < -0.3 is 9.72 Å². The number of aromatic amines is 1. The van der Waals surface area contributed by atoms with Crippen LogP contribution < -0.4 is 4.74 Å². The van der Waals surface area contributed by atoms with Crippen molar-refractivity contribution in [1.29, 1.82) is 0 Å². The van der Waals surface area contributed by atoms with E-state index in [9.17, 15) is 0 Å². The maximum absolute atomic E-state index is 5.50. The summed E-state index contributed by atoms with van der Waals surface area (Å²) in [6.45, 7) is 0.624. The van der Waals surface area contributed by atoms with E-state index in [1.165, 1.54) is 5.56 Å². The fourth-order valence-electron chi connectivity index (χ4n) is 1.14. The van der Waals surface area contributed by atoms with Gasteiger partial charge in [-0.15, -0.1) is 0 Å². The van der Waals surface area contributed by atoms with E-state index in [4.69, 9.17) is 4.74 Å². The first-order chi connectivity index (χ1) is 6.45. The predicted octanol–water partition coefficient (Wildman–Crippen LogP) is 2.59. The lowest BCUT2D eigenvalue weighted by molar-refractivity contribution is 0.306. The van der Waals surface area contributed by atoms with E-state index in [2.05, 4.69) is 4.98 Å². The lowest BCUT2D eigenvalue weighted by Gasteiger charge is -2.02. The molecule has 0 atom stereocenters. The third-order valence-corrected chi connectivity index (χ3v) is 1.82. The number of rotatable bonds is 3. The van der Waals surface area contributed by atoms with E-state index in [0.717, 1.165) is 5.75 Å². The Morgan fingerprint density at radius 1 is 1.08 bits per heavy atom.